The highest BCUT2D eigenvalue weighted by molar-refractivity contribution is 8.16. The summed E-state index contributed by atoms with van der Waals surface area (Å²) in [4.78, 5) is 31.0. The van der Waals surface area contributed by atoms with Crippen LogP contribution in [0.4, 0.5) is 13.2 Å². The second-order valence-corrected chi connectivity index (χ2v) is 9.56. The van der Waals surface area contributed by atoms with Gasteiger partial charge in [0.15, 0.2) is 10.9 Å². The van der Waals surface area contributed by atoms with Crippen molar-refractivity contribution in [3.63, 3.8) is 0 Å². The van der Waals surface area contributed by atoms with Gasteiger partial charge in [0.1, 0.15) is 5.75 Å². The van der Waals surface area contributed by atoms with E-state index in [9.17, 15) is 22.8 Å². The molecule has 0 spiro atoms. The molecule has 35 heavy (non-hydrogen) atoms. The summed E-state index contributed by atoms with van der Waals surface area (Å²) >= 11 is 0.967. The van der Waals surface area contributed by atoms with E-state index in [2.05, 4.69) is 10.3 Å². The van der Waals surface area contributed by atoms with E-state index in [0.717, 1.165) is 11.8 Å². The maximum absolute atomic E-state index is 14.2. The second-order valence-electron chi connectivity index (χ2n) is 8.72. The third kappa shape index (κ3) is 6.01. The number of amides is 1. The molecular formula is C24H28F3N3O4S. The number of amidine groups is 1. The maximum atomic E-state index is 14.2. The Kier molecular flexibility index (Phi) is 8.19. The molecule has 0 fully saturated rings. The van der Waals surface area contributed by atoms with Crippen LogP contribution in [0, 0.1) is 5.92 Å². The molecule has 7 nitrogen and oxygen atoms in total. The Morgan fingerprint density at radius 3 is 2.49 bits per heavy atom. The Morgan fingerprint density at radius 1 is 1.20 bits per heavy atom. The molecule has 2 aliphatic rings. The van der Waals surface area contributed by atoms with E-state index in [4.69, 9.17) is 9.47 Å². The summed E-state index contributed by atoms with van der Waals surface area (Å²) in [6.07, 6.45) is -5.67. The lowest BCUT2D eigenvalue weighted by Gasteiger charge is -2.37. The van der Waals surface area contributed by atoms with Gasteiger partial charge in [-0.3, -0.25) is 4.79 Å². The van der Waals surface area contributed by atoms with Gasteiger partial charge in [-0.05, 0) is 31.2 Å². The first-order chi connectivity index (χ1) is 16.4. The molecule has 0 saturated carbocycles. The molecule has 0 bridgehead atoms. The zero-order valence-electron chi connectivity index (χ0n) is 20.1. The highest BCUT2D eigenvalue weighted by Crippen LogP contribution is 2.49. The van der Waals surface area contributed by atoms with Crippen LogP contribution in [0.25, 0.3) is 0 Å². The van der Waals surface area contributed by atoms with E-state index in [0.29, 0.717) is 17.8 Å². The number of methoxy groups -OCH3 is 1. The molecule has 0 radical (unpaired) electrons. The Morgan fingerprint density at radius 2 is 1.89 bits per heavy atom. The number of para-hydroxylation sites is 1. The fourth-order valence-electron chi connectivity index (χ4n) is 3.69. The van der Waals surface area contributed by atoms with Crippen LogP contribution >= 0.6 is 11.8 Å². The van der Waals surface area contributed by atoms with Crippen molar-refractivity contribution in [3.8, 4) is 5.75 Å². The number of alkyl halides is 3. The largest absolute Gasteiger partial charge is 0.496 e. The molecule has 0 aliphatic carbocycles. The molecule has 1 aromatic rings. The van der Waals surface area contributed by atoms with Crippen molar-refractivity contribution in [2.75, 3.05) is 13.7 Å². The number of aliphatic imine (C=N–C) groups is 1. The Balaban J connectivity index is 2.16. The number of allylic oxidation sites excluding steroid dienone is 1. The number of nitrogens with one attached hydrogen (secondary N) is 1. The van der Waals surface area contributed by atoms with E-state index in [1.165, 1.54) is 12.0 Å². The smallest absolute Gasteiger partial charge is 0.434 e. The van der Waals surface area contributed by atoms with Gasteiger partial charge in [-0.2, -0.15) is 13.2 Å². The minimum Gasteiger partial charge on any atom is -0.496 e. The normalized spacial score (nSPS) is 17.9. The van der Waals surface area contributed by atoms with Crippen LogP contribution in [0.3, 0.4) is 0 Å². The average Bonchev–Trinajstić information content (AvgIpc) is 3.17. The first kappa shape index (κ1) is 26.7. The average molecular weight is 512 g/mol. The van der Waals surface area contributed by atoms with Gasteiger partial charge < -0.3 is 19.7 Å². The number of ether oxygens (including phenoxy) is 2. The van der Waals surface area contributed by atoms with Gasteiger partial charge in [-0.15, -0.1) is 0 Å². The Bertz CT molecular complexity index is 1080. The molecule has 190 valence electrons. The van der Waals surface area contributed by atoms with Gasteiger partial charge in [-0.25, -0.2) is 9.79 Å². The van der Waals surface area contributed by atoms with Crippen LogP contribution in [-0.2, 0) is 14.3 Å². The summed E-state index contributed by atoms with van der Waals surface area (Å²) in [5.74, 6) is -0.904. The molecular weight excluding hydrogens is 483 g/mol. The van der Waals surface area contributed by atoms with E-state index < -0.39 is 35.6 Å². The lowest BCUT2D eigenvalue weighted by Crippen LogP contribution is -2.40. The number of fused-ring (bicyclic) bond motifs is 1. The summed E-state index contributed by atoms with van der Waals surface area (Å²) in [5, 5.41) is 4.41. The van der Waals surface area contributed by atoms with Crippen molar-refractivity contribution in [2.24, 2.45) is 10.9 Å². The zero-order chi connectivity index (χ0) is 25.9. The fraction of sp³-hybridized carbons (Fsp3) is 0.458. The lowest BCUT2D eigenvalue weighted by atomic mass is 9.92. The number of carbonyl (C=O) groups excluding carboxylic acids is 2. The number of halogens is 3. The number of hydrogen-bond donors (Lipinski definition) is 1. The van der Waals surface area contributed by atoms with Crippen LogP contribution < -0.4 is 10.1 Å². The van der Waals surface area contributed by atoms with Crippen LogP contribution in [0.1, 0.15) is 45.7 Å². The number of carbonyl (C=O) groups is 2. The number of esters is 1. The quantitative estimate of drug-likeness (QED) is 0.499. The van der Waals surface area contributed by atoms with Crippen LogP contribution in [-0.4, -0.2) is 47.9 Å². The first-order valence-electron chi connectivity index (χ1n) is 11.1. The third-order valence-electron chi connectivity index (χ3n) is 5.12. The number of hydrogen-bond acceptors (Lipinski definition) is 7. The van der Waals surface area contributed by atoms with Crippen LogP contribution in [0.15, 0.2) is 51.6 Å². The van der Waals surface area contributed by atoms with Gasteiger partial charge in [0.05, 0.1) is 31.2 Å². The third-order valence-corrected chi connectivity index (χ3v) is 6.01. The summed E-state index contributed by atoms with van der Waals surface area (Å²) in [6.45, 7) is 7.47. The Labute approximate surface area is 206 Å². The van der Waals surface area contributed by atoms with Gasteiger partial charge in [-0.1, -0.05) is 43.8 Å². The highest BCUT2D eigenvalue weighted by Gasteiger charge is 2.50. The molecule has 0 saturated heterocycles. The van der Waals surface area contributed by atoms with Crippen molar-refractivity contribution < 1.29 is 32.2 Å². The molecule has 0 aromatic heterocycles. The van der Waals surface area contributed by atoms with Crippen molar-refractivity contribution in [2.45, 2.75) is 52.4 Å². The summed E-state index contributed by atoms with van der Waals surface area (Å²) in [5.41, 5.74) is -1.25. The van der Waals surface area contributed by atoms with Gasteiger partial charge in [0.25, 0.3) is 0 Å². The standard InChI is InChI=1S/C24H28F3N3O4S/c1-13(2)11-28-18(31)10-15-12-35-23-29-21(24(25,26)27)19(22(32)34-14(3)4)20(30(15)23)16-8-6-7-9-17(16)33-5/h6-9,12-14,20H,10-11H2,1-5H3,(H,28,31)/t20-/m0/s1. The van der Waals surface area contributed by atoms with Gasteiger partial charge >= 0.3 is 12.1 Å². The summed E-state index contributed by atoms with van der Waals surface area (Å²) < 4.78 is 53.2. The van der Waals surface area contributed by atoms with Crippen molar-refractivity contribution in [1.29, 1.82) is 0 Å². The number of rotatable bonds is 8. The summed E-state index contributed by atoms with van der Waals surface area (Å²) in [6, 6.07) is 5.24. The van der Waals surface area contributed by atoms with E-state index in [-0.39, 0.29) is 29.2 Å². The lowest BCUT2D eigenvalue weighted by molar-refractivity contribution is -0.145. The molecule has 3 rings (SSSR count). The van der Waals surface area contributed by atoms with Crippen LogP contribution in [0.5, 0.6) is 5.75 Å². The Hall–Kier alpha value is -2.95. The molecule has 11 heteroatoms. The molecule has 2 heterocycles. The minimum atomic E-state index is -4.91. The monoisotopic (exact) mass is 511 g/mol. The molecule has 1 aromatic carbocycles. The number of nitrogens with zero attached hydrogens (tertiary/aromatic N) is 2. The van der Waals surface area contributed by atoms with E-state index in [1.54, 1.807) is 43.5 Å². The molecule has 1 amide bonds. The van der Waals surface area contributed by atoms with Crippen LogP contribution in [0.2, 0.25) is 0 Å². The molecule has 2 aliphatic heterocycles. The van der Waals surface area contributed by atoms with Crippen molar-refractivity contribution in [3.05, 3.63) is 52.2 Å². The van der Waals surface area contributed by atoms with Crippen molar-refractivity contribution >= 4 is 28.8 Å². The van der Waals surface area contributed by atoms with Crippen molar-refractivity contribution in [1.82, 2.24) is 10.2 Å². The summed E-state index contributed by atoms with van der Waals surface area (Å²) in [7, 11) is 1.39. The van der Waals surface area contributed by atoms with E-state index >= 15 is 0 Å². The molecule has 1 N–H and O–H groups in total. The fourth-order valence-corrected chi connectivity index (χ4v) is 4.61. The predicted octanol–water partition coefficient (Wildman–Crippen LogP) is 4.93. The number of benzene rings is 1. The predicted molar refractivity (Wildman–Crippen MR) is 127 cm³/mol. The van der Waals surface area contributed by atoms with Gasteiger partial charge in [0, 0.05) is 17.8 Å². The second kappa shape index (κ2) is 10.8. The first-order valence-corrected chi connectivity index (χ1v) is 12.0. The molecule has 0 unspecified atom stereocenters. The van der Waals surface area contributed by atoms with E-state index in [1.807, 2.05) is 13.8 Å². The number of thioether (sulfide) groups is 1. The topological polar surface area (TPSA) is 80.2 Å². The molecule has 1 atom stereocenters. The zero-order valence-corrected chi connectivity index (χ0v) is 20.9. The minimum absolute atomic E-state index is 0.0148. The van der Waals surface area contributed by atoms with Gasteiger partial charge in [0.2, 0.25) is 5.91 Å². The highest BCUT2D eigenvalue weighted by atomic mass is 32.2. The SMILES string of the molecule is COc1ccccc1[C@H]1C(C(=O)OC(C)C)=C(C(F)(F)F)N=C2SC=C(CC(=O)NCC(C)C)N21. The maximum Gasteiger partial charge on any atom is 0.434 e.